The number of aromatic nitrogens is 2. The van der Waals surface area contributed by atoms with Crippen LogP contribution in [0.1, 0.15) is 23.1 Å². The first kappa shape index (κ1) is 16.0. The Morgan fingerprint density at radius 2 is 2.16 bits per heavy atom. The molecule has 4 nitrogen and oxygen atoms in total. The molecule has 0 aliphatic rings. The molecule has 0 spiro atoms. The molecule has 1 aromatic rings. The third kappa shape index (κ3) is 4.52. The second-order valence-corrected chi connectivity index (χ2v) is 4.81. The van der Waals surface area contributed by atoms with E-state index in [1.165, 1.54) is 10.7 Å². The number of hydrogen-bond donors (Lipinski definition) is 0. The third-order valence-corrected chi connectivity index (χ3v) is 2.79. The molecular weight excluding hydrogens is 327 g/mol. The summed E-state index contributed by atoms with van der Waals surface area (Å²) < 4.78 is 38.8. The Morgan fingerprint density at radius 1 is 1.53 bits per heavy atom. The van der Waals surface area contributed by atoms with E-state index in [1.54, 1.807) is 13.8 Å². The van der Waals surface area contributed by atoms with Crippen LogP contribution >= 0.6 is 15.9 Å². The molecule has 1 aromatic heterocycles. The molecule has 0 saturated heterocycles. The molecule has 8 heteroatoms. The van der Waals surface area contributed by atoms with Gasteiger partial charge < -0.3 is 4.90 Å². The zero-order valence-electron chi connectivity index (χ0n) is 10.7. The molecule has 0 aromatic carbocycles. The molecule has 0 atom stereocenters. The van der Waals surface area contributed by atoms with E-state index in [9.17, 15) is 18.0 Å². The van der Waals surface area contributed by atoms with Crippen molar-refractivity contribution in [1.82, 2.24) is 14.7 Å². The van der Waals surface area contributed by atoms with Gasteiger partial charge in [0.05, 0.1) is 5.69 Å². The van der Waals surface area contributed by atoms with Crippen LogP contribution in [-0.2, 0) is 6.54 Å². The van der Waals surface area contributed by atoms with Crippen LogP contribution in [0.5, 0.6) is 0 Å². The zero-order valence-corrected chi connectivity index (χ0v) is 12.3. The molecule has 0 aliphatic heterocycles. The fourth-order valence-corrected chi connectivity index (χ4v) is 2.12. The van der Waals surface area contributed by atoms with E-state index in [0.29, 0.717) is 12.2 Å². The van der Waals surface area contributed by atoms with Crippen LogP contribution in [0.2, 0.25) is 0 Å². The molecule has 1 rings (SSSR count). The average molecular weight is 342 g/mol. The Balaban J connectivity index is 2.98. The van der Waals surface area contributed by atoms with E-state index in [2.05, 4.69) is 21.0 Å². The molecule has 1 heterocycles. The Morgan fingerprint density at radius 3 is 2.63 bits per heavy atom. The van der Waals surface area contributed by atoms with Crippen molar-refractivity contribution >= 4 is 21.8 Å². The van der Waals surface area contributed by atoms with Gasteiger partial charge in [-0.15, -0.1) is 0 Å². The summed E-state index contributed by atoms with van der Waals surface area (Å²) in [6, 6.07) is 1.50. The van der Waals surface area contributed by atoms with Gasteiger partial charge in [0.25, 0.3) is 5.91 Å². The Bertz CT molecular complexity index is 445. The number of carbonyl (C=O) groups is 1. The van der Waals surface area contributed by atoms with Gasteiger partial charge in [0.1, 0.15) is 12.2 Å². The number of halogens is 4. The highest BCUT2D eigenvalue weighted by atomic mass is 79.9. The van der Waals surface area contributed by atoms with Crippen molar-refractivity contribution in [2.75, 3.05) is 18.4 Å². The van der Waals surface area contributed by atoms with Gasteiger partial charge in [-0.2, -0.15) is 18.3 Å². The van der Waals surface area contributed by atoms with Crippen molar-refractivity contribution < 1.29 is 18.0 Å². The van der Waals surface area contributed by atoms with Crippen LogP contribution in [0.25, 0.3) is 0 Å². The molecule has 0 unspecified atom stereocenters. The molecular formula is C11H15BrF3N3O. The topological polar surface area (TPSA) is 38.1 Å². The maximum Gasteiger partial charge on any atom is 0.406 e. The lowest BCUT2D eigenvalue weighted by Gasteiger charge is -2.23. The van der Waals surface area contributed by atoms with Gasteiger partial charge in [-0.05, 0) is 19.9 Å². The minimum Gasteiger partial charge on any atom is -0.327 e. The van der Waals surface area contributed by atoms with Crippen molar-refractivity contribution in [3.8, 4) is 0 Å². The van der Waals surface area contributed by atoms with Crippen molar-refractivity contribution in [3.63, 3.8) is 0 Å². The number of aryl methyl sites for hydroxylation is 2. The maximum absolute atomic E-state index is 12.5. The molecule has 0 saturated carbocycles. The standard InChI is InChI=1S/C11H15BrF3N3O/c1-3-18-9(6-8(2)16-18)10(19)17(5-4-12)7-11(13,14)15/h6H,3-5,7H2,1-2H3. The van der Waals surface area contributed by atoms with Crippen molar-refractivity contribution in [2.24, 2.45) is 0 Å². The highest BCUT2D eigenvalue weighted by Crippen LogP contribution is 2.18. The SMILES string of the molecule is CCn1nc(C)cc1C(=O)N(CCBr)CC(F)(F)F. The van der Waals surface area contributed by atoms with Gasteiger partial charge >= 0.3 is 6.18 Å². The summed E-state index contributed by atoms with van der Waals surface area (Å²) in [6.07, 6.45) is -4.41. The second-order valence-electron chi connectivity index (χ2n) is 4.02. The van der Waals surface area contributed by atoms with Crippen LogP contribution in [0.4, 0.5) is 13.2 Å². The number of nitrogens with zero attached hydrogens (tertiary/aromatic N) is 3. The number of carbonyl (C=O) groups excluding carboxylic acids is 1. The maximum atomic E-state index is 12.5. The summed E-state index contributed by atoms with van der Waals surface area (Å²) in [5.74, 6) is -0.653. The first-order chi connectivity index (χ1) is 8.78. The van der Waals surface area contributed by atoms with Gasteiger partial charge in [0.15, 0.2) is 0 Å². The fourth-order valence-electron chi connectivity index (χ4n) is 1.69. The summed E-state index contributed by atoms with van der Waals surface area (Å²) >= 11 is 3.06. The fraction of sp³-hybridized carbons (Fsp3) is 0.636. The normalized spacial score (nSPS) is 11.7. The van der Waals surface area contributed by atoms with Crippen molar-refractivity contribution in [1.29, 1.82) is 0 Å². The van der Waals surface area contributed by atoms with Gasteiger partial charge in [-0.1, -0.05) is 15.9 Å². The Labute approximate surface area is 117 Å². The minimum atomic E-state index is -4.41. The van der Waals surface area contributed by atoms with E-state index in [4.69, 9.17) is 0 Å². The number of alkyl halides is 4. The Kier molecular flexibility index (Phi) is 5.39. The summed E-state index contributed by atoms with van der Waals surface area (Å²) in [5.41, 5.74) is 0.793. The average Bonchev–Trinajstić information content (AvgIpc) is 2.67. The predicted molar refractivity (Wildman–Crippen MR) is 68.4 cm³/mol. The quantitative estimate of drug-likeness (QED) is 0.772. The van der Waals surface area contributed by atoms with Gasteiger partial charge in [0, 0.05) is 18.4 Å². The lowest BCUT2D eigenvalue weighted by Crippen LogP contribution is -2.41. The second kappa shape index (κ2) is 6.40. The lowest BCUT2D eigenvalue weighted by atomic mass is 10.3. The molecule has 0 radical (unpaired) electrons. The minimum absolute atomic E-state index is 0.00765. The highest BCUT2D eigenvalue weighted by molar-refractivity contribution is 9.09. The molecule has 19 heavy (non-hydrogen) atoms. The molecule has 0 fully saturated rings. The van der Waals surface area contributed by atoms with Crippen LogP contribution in [-0.4, -0.2) is 45.2 Å². The van der Waals surface area contributed by atoms with Crippen LogP contribution < -0.4 is 0 Å². The summed E-state index contributed by atoms with van der Waals surface area (Å²) in [6.45, 7) is 2.64. The van der Waals surface area contributed by atoms with Gasteiger partial charge in [-0.25, -0.2) is 0 Å². The molecule has 0 aliphatic carbocycles. The first-order valence-electron chi connectivity index (χ1n) is 5.75. The monoisotopic (exact) mass is 341 g/mol. The van der Waals surface area contributed by atoms with E-state index in [-0.39, 0.29) is 17.6 Å². The van der Waals surface area contributed by atoms with E-state index >= 15 is 0 Å². The summed E-state index contributed by atoms with van der Waals surface area (Å²) in [4.78, 5) is 12.9. The molecule has 0 bridgehead atoms. The number of amides is 1. The molecule has 108 valence electrons. The van der Waals surface area contributed by atoms with Gasteiger partial charge in [-0.3, -0.25) is 9.48 Å². The van der Waals surface area contributed by atoms with E-state index in [1.807, 2.05) is 0 Å². The predicted octanol–water partition coefficient (Wildman–Crippen LogP) is 2.61. The molecule has 0 N–H and O–H groups in total. The number of rotatable bonds is 5. The van der Waals surface area contributed by atoms with Crippen LogP contribution in [0, 0.1) is 6.92 Å². The lowest BCUT2D eigenvalue weighted by molar-refractivity contribution is -0.140. The third-order valence-electron chi connectivity index (χ3n) is 2.43. The van der Waals surface area contributed by atoms with Crippen molar-refractivity contribution in [3.05, 3.63) is 17.5 Å². The van der Waals surface area contributed by atoms with Crippen molar-refractivity contribution in [2.45, 2.75) is 26.6 Å². The summed E-state index contributed by atoms with van der Waals surface area (Å²) in [5, 5.41) is 4.35. The molecule has 1 amide bonds. The zero-order chi connectivity index (χ0) is 14.6. The summed E-state index contributed by atoms with van der Waals surface area (Å²) in [7, 11) is 0. The largest absolute Gasteiger partial charge is 0.406 e. The highest BCUT2D eigenvalue weighted by Gasteiger charge is 2.34. The first-order valence-corrected chi connectivity index (χ1v) is 6.87. The smallest absolute Gasteiger partial charge is 0.327 e. The van der Waals surface area contributed by atoms with E-state index < -0.39 is 18.6 Å². The van der Waals surface area contributed by atoms with Crippen LogP contribution in [0.15, 0.2) is 6.07 Å². The number of hydrogen-bond acceptors (Lipinski definition) is 2. The van der Waals surface area contributed by atoms with E-state index in [0.717, 1.165) is 4.90 Å². The van der Waals surface area contributed by atoms with Gasteiger partial charge in [0.2, 0.25) is 0 Å². The van der Waals surface area contributed by atoms with Crippen LogP contribution in [0.3, 0.4) is 0 Å². The Hall–Kier alpha value is -1.05.